The Balaban J connectivity index is 2.44. The van der Waals surface area contributed by atoms with Gasteiger partial charge in [-0.2, -0.15) is 4.91 Å². The number of terminal acetylenes is 1. The molecular formula is C10H15NO. The summed E-state index contributed by atoms with van der Waals surface area (Å²) in [5.41, 5.74) is 0.197. The normalized spacial score (nSPS) is 32.5. The molecule has 0 heterocycles. The van der Waals surface area contributed by atoms with Crippen molar-refractivity contribution in [1.82, 2.24) is 0 Å². The van der Waals surface area contributed by atoms with Gasteiger partial charge in [-0.05, 0) is 24.2 Å². The van der Waals surface area contributed by atoms with E-state index in [0.29, 0.717) is 12.5 Å². The van der Waals surface area contributed by atoms with Crippen molar-refractivity contribution >= 4 is 0 Å². The maximum atomic E-state index is 10.2. The molecule has 1 saturated carbocycles. The van der Waals surface area contributed by atoms with Gasteiger partial charge in [0.2, 0.25) is 0 Å². The molecule has 0 aliphatic heterocycles. The zero-order valence-electron chi connectivity index (χ0n) is 7.55. The first-order chi connectivity index (χ1) is 5.79. The average Bonchev–Trinajstić information content (AvgIpc) is 2.66. The summed E-state index contributed by atoms with van der Waals surface area (Å²) in [4.78, 5) is 10.2. The van der Waals surface area contributed by atoms with E-state index in [0.717, 1.165) is 25.7 Å². The molecule has 0 aromatic carbocycles. The van der Waals surface area contributed by atoms with E-state index >= 15 is 0 Å². The number of nitroso groups, excluding NO2 is 1. The van der Waals surface area contributed by atoms with Crippen LogP contribution in [0.15, 0.2) is 5.18 Å². The molecule has 1 aliphatic carbocycles. The quantitative estimate of drug-likeness (QED) is 0.454. The van der Waals surface area contributed by atoms with E-state index in [4.69, 9.17) is 6.42 Å². The highest BCUT2D eigenvalue weighted by molar-refractivity contribution is 5.07. The molecule has 2 heteroatoms. The summed E-state index contributed by atoms with van der Waals surface area (Å²) >= 11 is 0. The summed E-state index contributed by atoms with van der Waals surface area (Å²) in [5, 5.41) is 3.00. The topological polar surface area (TPSA) is 29.4 Å². The molecule has 1 aliphatic rings. The number of nitrogens with zero attached hydrogens (tertiary/aromatic N) is 1. The fourth-order valence-electron chi connectivity index (χ4n) is 2.07. The van der Waals surface area contributed by atoms with Crippen molar-refractivity contribution in [2.24, 2.45) is 16.5 Å². The van der Waals surface area contributed by atoms with Crippen LogP contribution in [0.4, 0.5) is 0 Å². The number of hydrogen-bond acceptors (Lipinski definition) is 2. The number of rotatable bonds is 5. The summed E-state index contributed by atoms with van der Waals surface area (Å²) in [7, 11) is 0. The molecule has 0 amide bonds. The van der Waals surface area contributed by atoms with Crippen molar-refractivity contribution in [2.75, 3.05) is 6.54 Å². The van der Waals surface area contributed by atoms with Crippen LogP contribution in [-0.4, -0.2) is 6.54 Å². The Morgan fingerprint density at radius 3 is 3.00 bits per heavy atom. The van der Waals surface area contributed by atoms with Crippen LogP contribution in [-0.2, 0) is 0 Å². The Labute approximate surface area is 73.7 Å². The third-order valence-electron chi connectivity index (χ3n) is 2.85. The van der Waals surface area contributed by atoms with E-state index in [9.17, 15) is 4.91 Å². The molecule has 1 rings (SSSR count). The van der Waals surface area contributed by atoms with Crippen LogP contribution in [0.1, 0.15) is 32.6 Å². The molecule has 0 spiro atoms. The molecule has 12 heavy (non-hydrogen) atoms. The highest BCUT2D eigenvalue weighted by atomic mass is 16.3. The Kier molecular flexibility index (Phi) is 2.86. The second kappa shape index (κ2) is 3.71. The molecule has 0 radical (unpaired) electrons. The highest BCUT2D eigenvalue weighted by Gasteiger charge is 2.52. The lowest BCUT2D eigenvalue weighted by Gasteiger charge is -2.10. The lowest BCUT2D eigenvalue weighted by molar-refractivity contribution is 0.425. The maximum Gasteiger partial charge on any atom is 0.0870 e. The standard InChI is InChI=1S/C10H15NO/c1-3-5-9-7-10(9,6-4-2)8-11-12/h1,9H,4-8H2,2H3. The van der Waals surface area contributed by atoms with E-state index in [1.165, 1.54) is 0 Å². The van der Waals surface area contributed by atoms with Gasteiger partial charge in [-0.1, -0.05) is 18.5 Å². The Bertz CT molecular complexity index is 206. The Hall–Kier alpha value is -0.840. The van der Waals surface area contributed by atoms with Gasteiger partial charge in [-0.3, -0.25) is 0 Å². The van der Waals surface area contributed by atoms with Crippen molar-refractivity contribution in [3.63, 3.8) is 0 Å². The van der Waals surface area contributed by atoms with Gasteiger partial charge in [0, 0.05) is 6.42 Å². The van der Waals surface area contributed by atoms with Crippen molar-refractivity contribution in [3.05, 3.63) is 4.91 Å². The van der Waals surface area contributed by atoms with Crippen LogP contribution in [0.5, 0.6) is 0 Å². The molecule has 2 unspecified atom stereocenters. The average molecular weight is 165 g/mol. The van der Waals surface area contributed by atoms with Gasteiger partial charge in [-0.15, -0.1) is 12.3 Å². The lowest BCUT2D eigenvalue weighted by Crippen LogP contribution is -2.07. The zero-order chi connectivity index (χ0) is 9.03. The van der Waals surface area contributed by atoms with Crippen LogP contribution >= 0.6 is 0 Å². The van der Waals surface area contributed by atoms with E-state index in [1.807, 2.05) is 0 Å². The largest absolute Gasteiger partial charge is 0.151 e. The van der Waals surface area contributed by atoms with Gasteiger partial charge < -0.3 is 0 Å². The fourth-order valence-corrected chi connectivity index (χ4v) is 2.07. The molecule has 0 N–H and O–H groups in total. The van der Waals surface area contributed by atoms with Gasteiger partial charge in [-0.25, -0.2) is 0 Å². The molecule has 1 fully saturated rings. The van der Waals surface area contributed by atoms with Crippen LogP contribution in [0.25, 0.3) is 0 Å². The van der Waals surface area contributed by atoms with E-state index in [1.54, 1.807) is 0 Å². The lowest BCUT2D eigenvalue weighted by atomic mass is 9.96. The van der Waals surface area contributed by atoms with Gasteiger partial charge in [0.05, 0.1) is 6.54 Å². The summed E-state index contributed by atoms with van der Waals surface area (Å²) in [6.07, 6.45) is 9.37. The molecule has 0 aromatic heterocycles. The molecular weight excluding hydrogens is 150 g/mol. The van der Waals surface area contributed by atoms with E-state index < -0.39 is 0 Å². The first-order valence-electron chi connectivity index (χ1n) is 4.51. The SMILES string of the molecule is C#CCC1CC1(CCC)CN=O. The Morgan fingerprint density at radius 2 is 2.50 bits per heavy atom. The minimum atomic E-state index is 0.197. The van der Waals surface area contributed by atoms with E-state index in [2.05, 4.69) is 18.0 Å². The predicted molar refractivity (Wildman–Crippen MR) is 49.6 cm³/mol. The van der Waals surface area contributed by atoms with E-state index in [-0.39, 0.29) is 5.41 Å². The second-order valence-corrected chi connectivity index (χ2v) is 3.71. The minimum absolute atomic E-state index is 0.197. The van der Waals surface area contributed by atoms with Crippen LogP contribution in [0.3, 0.4) is 0 Å². The molecule has 0 bridgehead atoms. The first kappa shape index (κ1) is 9.25. The zero-order valence-corrected chi connectivity index (χ0v) is 7.55. The third-order valence-corrected chi connectivity index (χ3v) is 2.85. The summed E-state index contributed by atoms with van der Waals surface area (Å²) < 4.78 is 0. The van der Waals surface area contributed by atoms with Crippen molar-refractivity contribution in [2.45, 2.75) is 32.6 Å². The molecule has 2 atom stereocenters. The third kappa shape index (κ3) is 1.66. The molecule has 0 saturated heterocycles. The monoisotopic (exact) mass is 165 g/mol. The second-order valence-electron chi connectivity index (χ2n) is 3.71. The van der Waals surface area contributed by atoms with Gasteiger partial charge in [0.1, 0.15) is 0 Å². The maximum absolute atomic E-state index is 10.2. The fraction of sp³-hybridized carbons (Fsp3) is 0.800. The van der Waals surface area contributed by atoms with Gasteiger partial charge >= 0.3 is 0 Å². The summed E-state index contributed by atoms with van der Waals surface area (Å²) in [6.45, 7) is 2.60. The minimum Gasteiger partial charge on any atom is -0.151 e. The summed E-state index contributed by atoms with van der Waals surface area (Å²) in [5.74, 6) is 3.23. The molecule has 66 valence electrons. The number of hydrogen-bond donors (Lipinski definition) is 0. The Morgan fingerprint density at radius 1 is 1.75 bits per heavy atom. The van der Waals surface area contributed by atoms with Crippen LogP contribution < -0.4 is 0 Å². The highest BCUT2D eigenvalue weighted by Crippen LogP contribution is 2.57. The van der Waals surface area contributed by atoms with Crippen molar-refractivity contribution in [1.29, 1.82) is 0 Å². The summed E-state index contributed by atoms with van der Waals surface area (Å²) in [6, 6.07) is 0. The van der Waals surface area contributed by atoms with Crippen molar-refractivity contribution < 1.29 is 0 Å². The molecule has 0 aromatic rings. The van der Waals surface area contributed by atoms with Crippen molar-refractivity contribution in [3.8, 4) is 12.3 Å². The predicted octanol–water partition coefficient (Wildman–Crippen LogP) is 2.58. The van der Waals surface area contributed by atoms with Gasteiger partial charge in [0.25, 0.3) is 0 Å². The van der Waals surface area contributed by atoms with Crippen LogP contribution in [0.2, 0.25) is 0 Å². The van der Waals surface area contributed by atoms with Crippen LogP contribution in [0, 0.1) is 28.6 Å². The van der Waals surface area contributed by atoms with Gasteiger partial charge in [0.15, 0.2) is 0 Å². The molecule has 2 nitrogen and oxygen atoms in total. The first-order valence-corrected chi connectivity index (χ1v) is 4.51. The smallest absolute Gasteiger partial charge is 0.0870 e.